The van der Waals surface area contributed by atoms with Crippen LogP contribution in [0.25, 0.3) is 0 Å². The molecule has 0 N–H and O–H groups in total. The van der Waals surface area contributed by atoms with Crippen LogP contribution in [0.4, 0.5) is 0 Å². The van der Waals surface area contributed by atoms with Gasteiger partial charge in [0, 0.05) is 17.4 Å². The highest BCUT2D eigenvalue weighted by molar-refractivity contribution is 7.10. The first-order valence-corrected chi connectivity index (χ1v) is 5.50. The van der Waals surface area contributed by atoms with Crippen LogP contribution in [0.3, 0.4) is 0 Å². The molecule has 0 aromatic carbocycles. The molecule has 0 radical (unpaired) electrons. The quantitative estimate of drug-likeness (QED) is 0.684. The fourth-order valence-electron chi connectivity index (χ4n) is 1.08. The van der Waals surface area contributed by atoms with Crippen molar-refractivity contribution in [1.82, 2.24) is 0 Å². The van der Waals surface area contributed by atoms with E-state index in [2.05, 4.69) is 0 Å². The number of ether oxygens (including phenoxy) is 3. The van der Waals surface area contributed by atoms with Crippen LogP contribution in [0.2, 0.25) is 0 Å². The van der Waals surface area contributed by atoms with Crippen molar-refractivity contribution in [3.05, 3.63) is 10.3 Å². The molecule has 0 aliphatic rings. The largest absolute Gasteiger partial charge is 0.489 e. The molecule has 0 amide bonds. The Hall–Kier alpha value is -0.740. The number of hydrogen-bond acceptors (Lipinski definition) is 4. The maximum Gasteiger partial charge on any atom is 0.174 e. The van der Waals surface area contributed by atoms with Gasteiger partial charge in [-0.1, -0.05) is 0 Å². The molecule has 0 bridgehead atoms. The molecule has 0 saturated carbocycles. The summed E-state index contributed by atoms with van der Waals surface area (Å²) in [4.78, 5) is 1.14. The van der Waals surface area contributed by atoms with Crippen molar-refractivity contribution in [3.8, 4) is 11.5 Å². The highest BCUT2D eigenvalue weighted by Gasteiger charge is 2.10. The minimum Gasteiger partial charge on any atom is -0.489 e. The molecule has 1 aromatic heterocycles. The van der Waals surface area contributed by atoms with E-state index in [1.165, 1.54) is 0 Å². The zero-order chi connectivity index (χ0) is 10.4. The number of rotatable bonds is 6. The van der Waals surface area contributed by atoms with Gasteiger partial charge in [0.1, 0.15) is 6.61 Å². The molecule has 3 nitrogen and oxygen atoms in total. The zero-order valence-corrected chi connectivity index (χ0v) is 9.65. The van der Waals surface area contributed by atoms with Gasteiger partial charge in [0.05, 0.1) is 13.2 Å². The Morgan fingerprint density at radius 3 is 2.71 bits per heavy atom. The van der Waals surface area contributed by atoms with Gasteiger partial charge in [0.25, 0.3) is 0 Å². The van der Waals surface area contributed by atoms with Crippen molar-refractivity contribution in [3.63, 3.8) is 0 Å². The van der Waals surface area contributed by atoms with Crippen LogP contribution in [0.1, 0.15) is 11.8 Å². The lowest BCUT2D eigenvalue weighted by atomic mass is 10.4. The van der Waals surface area contributed by atoms with Gasteiger partial charge < -0.3 is 14.2 Å². The van der Waals surface area contributed by atoms with E-state index in [1.54, 1.807) is 18.4 Å². The van der Waals surface area contributed by atoms with Crippen LogP contribution in [0.15, 0.2) is 5.38 Å². The lowest BCUT2D eigenvalue weighted by molar-refractivity contribution is 0.143. The van der Waals surface area contributed by atoms with Gasteiger partial charge in [-0.05, 0) is 13.8 Å². The molecular formula is C10H16O3S. The fourth-order valence-corrected chi connectivity index (χ4v) is 1.80. The van der Waals surface area contributed by atoms with Crippen LogP contribution in [0.5, 0.6) is 11.5 Å². The Morgan fingerprint density at radius 1 is 1.29 bits per heavy atom. The molecule has 0 spiro atoms. The minimum absolute atomic E-state index is 0.564. The fraction of sp³-hybridized carbons (Fsp3) is 0.600. The molecule has 0 unspecified atom stereocenters. The third-order valence-corrected chi connectivity index (χ3v) is 2.59. The lowest BCUT2D eigenvalue weighted by Crippen LogP contribution is -2.05. The van der Waals surface area contributed by atoms with Crippen molar-refractivity contribution >= 4 is 11.3 Å². The summed E-state index contributed by atoms with van der Waals surface area (Å²) >= 11 is 1.64. The minimum atomic E-state index is 0.564. The Kier molecular flexibility index (Phi) is 4.76. The molecule has 1 heterocycles. The third-order valence-electron chi connectivity index (χ3n) is 1.72. The Morgan fingerprint density at radius 2 is 2.07 bits per heavy atom. The molecule has 1 aromatic rings. The summed E-state index contributed by atoms with van der Waals surface area (Å²) in [5.74, 6) is 1.69. The van der Waals surface area contributed by atoms with Crippen LogP contribution in [-0.4, -0.2) is 26.9 Å². The summed E-state index contributed by atoms with van der Waals surface area (Å²) in [6.45, 7) is 5.81. The van der Waals surface area contributed by atoms with E-state index in [0.717, 1.165) is 16.4 Å². The molecule has 1 rings (SSSR count). The topological polar surface area (TPSA) is 27.7 Å². The van der Waals surface area contributed by atoms with E-state index >= 15 is 0 Å². The summed E-state index contributed by atoms with van der Waals surface area (Å²) in [5.41, 5.74) is 0. The van der Waals surface area contributed by atoms with Gasteiger partial charge in [-0.25, -0.2) is 0 Å². The highest BCUT2D eigenvalue weighted by Crippen LogP contribution is 2.36. The molecule has 0 aliphatic heterocycles. The third kappa shape index (κ3) is 2.89. The maximum absolute atomic E-state index is 5.56. The molecule has 0 fully saturated rings. The van der Waals surface area contributed by atoms with E-state index in [1.807, 2.05) is 19.2 Å². The van der Waals surface area contributed by atoms with E-state index in [-0.39, 0.29) is 0 Å². The first kappa shape index (κ1) is 11.3. The second-order valence-corrected chi connectivity index (χ2v) is 3.84. The molecular weight excluding hydrogens is 200 g/mol. The van der Waals surface area contributed by atoms with Gasteiger partial charge in [-0.3, -0.25) is 0 Å². The Bertz CT molecular complexity index is 270. The molecule has 80 valence electrons. The predicted molar refractivity (Wildman–Crippen MR) is 57.6 cm³/mol. The molecule has 4 heteroatoms. The summed E-state index contributed by atoms with van der Waals surface area (Å²) in [6, 6.07) is 0. The van der Waals surface area contributed by atoms with Gasteiger partial charge in [-0.2, -0.15) is 0 Å². The molecule has 0 aliphatic carbocycles. The van der Waals surface area contributed by atoms with Crippen molar-refractivity contribution in [2.45, 2.75) is 13.8 Å². The Balaban J connectivity index is 2.57. The maximum atomic E-state index is 5.56. The summed E-state index contributed by atoms with van der Waals surface area (Å²) < 4.78 is 15.9. The summed E-state index contributed by atoms with van der Waals surface area (Å²) in [5, 5.41) is 1.97. The van der Waals surface area contributed by atoms with Crippen molar-refractivity contribution in [2.24, 2.45) is 0 Å². The van der Waals surface area contributed by atoms with Crippen molar-refractivity contribution < 1.29 is 14.2 Å². The van der Waals surface area contributed by atoms with Crippen molar-refractivity contribution in [1.29, 1.82) is 0 Å². The molecule has 14 heavy (non-hydrogen) atoms. The SMILES string of the molecule is CCOc1csc(C)c1OCCOC. The van der Waals surface area contributed by atoms with E-state index in [9.17, 15) is 0 Å². The van der Waals surface area contributed by atoms with Crippen LogP contribution in [-0.2, 0) is 4.74 Å². The van der Waals surface area contributed by atoms with Crippen LogP contribution >= 0.6 is 11.3 Å². The average Bonchev–Trinajstić information content (AvgIpc) is 2.50. The standard InChI is InChI=1S/C10H16O3S/c1-4-12-9-7-14-8(2)10(9)13-6-5-11-3/h7H,4-6H2,1-3H3. The number of methoxy groups -OCH3 is 1. The smallest absolute Gasteiger partial charge is 0.174 e. The van der Waals surface area contributed by atoms with Gasteiger partial charge >= 0.3 is 0 Å². The van der Waals surface area contributed by atoms with Gasteiger partial charge in [0.15, 0.2) is 11.5 Å². The van der Waals surface area contributed by atoms with Gasteiger partial charge in [-0.15, -0.1) is 11.3 Å². The van der Waals surface area contributed by atoms with Gasteiger partial charge in [0.2, 0.25) is 0 Å². The number of hydrogen-bond donors (Lipinski definition) is 0. The average molecular weight is 216 g/mol. The predicted octanol–water partition coefficient (Wildman–Crippen LogP) is 2.48. The van der Waals surface area contributed by atoms with Crippen LogP contribution < -0.4 is 9.47 Å². The number of thiophene rings is 1. The Labute approximate surface area is 88.6 Å². The first-order valence-electron chi connectivity index (χ1n) is 4.62. The van der Waals surface area contributed by atoms with Crippen molar-refractivity contribution in [2.75, 3.05) is 26.9 Å². The monoisotopic (exact) mass is 216 g/mol. The van der Waals surface area contributed by atoms with E-state index < -0.39 is 0 Å². The van der Waals surface area contributed by atoms with Crippen LogP contribution in [0, 0.1) is 6.92 Å². The second kappa shape index (κ2) is 5.88. The lowest BCUT2D eigenvalue weighted by Gasteiger charge is -2.08. The molecule has 0 saturated heterocycles. The first-order chi connectivity index (χ1) is 6.79. The zero-order valence-electron chi connectivity index (χ0n) is 8.83. The highest BCUT2D eigenvalue weighted by atomic mass is 32.1. The van der Waals surface area contributed by atoms with E-state index in [0.29, 0.717) is 19.8 Å². The number of aryl methyl sites for hydroxylation is 1. The molecule has 0 atom stereocenters. The second-order valence-electron chi connectivity index (χ2n) is 2.76. The summed E-state index contributed by atoms with van der Waals surface area (Å²) in [7, 11) is 1.66. The van der Waals surface area contributed by atoms with E-state index in [4.69, 9.17) is 14.2 Å². The normalized spacial score (nSPS) is 10.2. The summed E-state index contributed by atoms with van der Waals surface area (Å²) in [6.07, 6.45) is 0.